The van der Waals surface area contributed by atoms with Crippen LogP contribution >= 0.6 is 11.3 Å². The molecule has 2 aliphatic rings. The molecule has 0 saturated carbocycles. The van der Waals surface area contributed by atoms with Gasteiger partial charge in [0.1, 0.15) is 0 Å². The second-order valence-corrected chi connectivity index (χ2v) is 6.89. The SMILES string of the molecule is O=C(Nc1nc2cc3c(cc2s1)OC(F)(F)O3)c1n[nH]c2c1CNCC2. The number of ether oxygens (including phenoxy) is 2. The molecule has 2 aromatic heterocycles. The highest BCUT2D eigenvalue weighted by molar-refractivity contribution is 7.22. The van der Waals surface area contributed by atoms with Crippen molar-refractivity contribution in [2.24, 2.45) is 0 Å². The van der Waals surface area contributed by atoms with Gasteiger partial charge in [-0.2, -0.15) is 5.10 Å². The summed E-state index contributed by atoms with van der Waals surface area (Å²) < 4.78 is 35.6. The zero-order valence-corrected chi connectivity index (χ0v) is 13.9. The van der Waals surface area contributed by atoms with Crippen LogP contribution in [0.4, 0.5) is 13.9 Å². The number of halogens is 2. The number of rotatable bonds is 2. The Morgan fingerprint density at radius 3 is 2.96 bits per heavy atom. The Balaban J connectivity index is 1.42. The van der Waals surface area contributed by atoms with E-state index in [9.17, 15) is 13.6 Å². The van der Waals surface area contributed by atoms with Crippen molar-refractivity contribution in [2.75, 3.05) is 11.9 Å². The Morgan fingerprint density at radius 1 is 1.31 bits per heavy atom. The standard InChI is InChI=1S/C15H11F2N5O3S/c16-15(17)24-9-3-8-11(4-10(9)25-15)26-14(19-8)20-13(23)12-6-5-18-2-1-7(6)21-22-12/h3-4,18H,1-2,5H2,(H,21,22)(H,19,20,23). The van der Waals surface area contributed by atoms with Crippen molar-refractivity contribution < 1.29 is 23.0 Å². The summed E-state index contributed by atoms with van der Waals surface area (Å²) in [6.45, 7) is 1.41. The Bertz CT molecular complexity index is 1000. The van der Waals surface area contributed by atoms with Crippen molar-refractivity contribution in [1.82, 2.24) is 20.5 Å². The first-order valence-corrected chi connectivity index (χ1v) is 8.59. The molecule has 134 valence electrons. The predicted octanol–water partition coefficient (Wildman–Crippen LogP) is 2.24. The van der Waals surface area contributed by atoms with E-state index in [1.54, 1.807) is 0 Å². The lowest BCUT2D eigenvalue weighted by atomic mass is 10.1. The van der Waals surface area contributed by atoms with Gasteiger partial charge in [0, 0.05) is 42.9 Å². The number of nitrogens with zero attached hydrogens (tertiary/aromatic N) is 2. The Morgan fingerprint density at radius 2 is 2.12 bits per heavy atom. The van der Waals surface area contributed by atoms with E-state index in [-0.39, 0.29) is 17.4 Å². The molecule has 11 heteroatoms. The molecule has 0 unspecified atom stereocenters. The molecule has 1 amide bonds. The van der Waals surface area contributed by atoms with E-state index in [0.29, 0.717) is 27.6 Å². The molecule has 0 aliphatic carbocycles. The summed E-state index contributed by atoms with van der Waals surface area (Å²) in [6.07, 6.45) is -2.89. The van der Waals surface area contributed by atoms with Gasteiger partial charge in [-0.25, -0.2) is 4.98 Å². The van der Waals surface area contributed by atoms with Gasteiger partial charge in [-0.05, 0) is 0 Å². The normalized spacial score (nSPS) is 17.3. The largest absolute Gasteiger partial charge is 0.586 e. The number of H-pyrrole nitrogens is 1. The third-order valence-electron chi connectivity index (χ3n) is 4.15. The van der Waals surface area contributed by atoms with Crippen molar-refractivity contribution in [3.05, 3.63) is 29.1 Å². The van der Waals surface area contributed by atoms with Crippen LogP contribution in [0.2, 0.25) is 0 Å². The molecular formula is C15H11F2N5O3S. The number of thiazole rings is 1. The van der Waals surface area contributed by atoms with Gasteiger partial charge in [0.25, 0.3) is 5.91 Å². The highest BCUT2D eigenvalue weighted by Gasteiger charge is 2.43. The van der Waals surface area contributed by atoms with Gasteiger partial charge < -0.3 is 14.8 Å². The summed E-state index contributed by atoms with van der Waals surface area (Å²) in [5.74, 6) is -0.522. The second kappa shape index (κ2) is 5.35. The van der Waals surface area contributed by atoms with E-state index in [1.807, 2.05) is 0 Å². The van der Waals surface area contributed by atoms with Crippen LogP contribution in [0.15, 0.2) is 12.1 Å². The molecule has 0 atom stereocenters. The second-order valence-electron chi connectivity index (χ2n) is 5.86. The van der Waals surface area contributed by atoms with Gasteiger partial charge in [-0.1, -0.05) is 11.3 Å². The molecule has 3 N–H and O–H groups in total. The number of hydrogen-bond acceptors (Lipinski definition) is 7. The van der Waals surface area contributed by atoms with E-state index in [1.165, 1.54) is 12.1 Å². The molecule has 0 bridgehead atoms. The fraction of sp³-hybridized carbons (Fsp3) is 0.267. The minimum Gasteiger partial charge on any atom is -0.395 e. The van der Waals surface area contributed by atoms with Crippen molar-refractivity contribution in [3.63, 3.8) is 0 Å². The number of hydrogen-bond donors (Lipinski definition) is 3. The van der Waals surface area contributed by atoms with Gasteiger partial charge in [-0.15, -0.1) is 8.78 Å². The highest BCUT2D eigenvalue weighted by Crippen LogP contribution is 2.44. The Hall–Kier alpha value is -2.79. The number of aromatic amines is 1. The quantitative estimate of drug-likeness (QED) is 0.631. The Kier molecular flexibility index (Phi) is 3.18. The van der Waals surface area contributed by atoms with Crippen LogP contribution in [-0.4, -0.2) is 33.9 Å². The highest BCUT2D eigenvalue weighted by atomic mass is 32.1. The molecule has 0 saturated heterocycles. The first-order chi connectivity index (χ1) is 12.5. The number of amides is 1. The van der Waals surface area contributed by atoms with Crippen molar-refractivity contribution in [3.8, 4) is 11.5 Å². The van der Waals surface area contributed by atoms with Gasteiger partial charge in [-0.3, -0.25) is 15.2 Å². The summed E-state index contributed by atoms with van der Waals surface area (Å²) in [6, 6.07) is 2.78. The summed E-state index contributed by atoms with van der Waals surface area (Å²) in [5.41, 5.74) is 2.54. The molecule has 26 heavy (non-hydrogen) atoms. The summed E-state index contributed by atoms with van der Waals surface area (Å²) in [5, 5.41) is 13.2. The first-order valence-electron chi connectivity index (χ1n) is 7.77. The van der Waals surface area contributed by atoms with Crippen LogP contribution in [0, 0.1) is 0 Å². The molecule has 0 fully saturated rings. The van der Waals surface area contributed by atoms with Crippen LogP contribution in [-0.2, 0) is 13.0 Å². The number of alkyl halides is 2. The van der Waals surface area contributed by atoms with E-state index in [4.69, 9.17) is 0 Å². The number of fused-ring (bicyclic) bond motifs is 3. The van der Waals surface area contributed by atoms with E-state index in [2.05, 4.69) is 35.3 Å². The van der Waals surface area contributed by atoms with E-state index < -0.39 is 6.29 Å². The number of carbonyl (C=O) groups is 1. The van der Waals surface area contributed by atoms with Gasteiger partial charge in [0.05, 0.1) is 10.2 Å². The minimum atomic E-state index is -3.67. The van der Waals surface area contributed by atoms with Crippen LogP contribution < -0.4 is 20.1 Å². The predicted molar refractivity (Wildman–Crippen MR) is 87.8 cm³/mol. The number of aromatic nitrogens is 3. The Labute approximate surface area is 148 Å². The van der Waals surface area contributed by atoms with Crippen LogP contribution in [0.25, 0.3) is 10.2 Å². The smallest absolute Gasteiger partial charge is 0.395 e. The average molecular weight is 379 g/mol. The maximum atomic E-state index is 13.1. The zero-order chi connectivity index (χ0) is 17.9. The fourth-order valence-corrected chi connectivity index (χ4v) is 3.87. The van der Waals surface area contributed by atoms with E-state index in [0.717, 1.165) is 35.6 Å². The zero-order valence-electron chi connectivity index (χ0n) is 13.1. The average Bonchev–Trinajstić information content (AvgIpc) is 3.24. The van der Waals surface area contributed by atoms with Crippen LogP contribution in [0.1, 0.15) is 21.7 Å². The number of carbonyl (C=O) groups excluding carboxylic acids is 1. The number of anilines is 1. The minimum absolute atomic E-state index is 0.0588. The van der Waals surface area contributed by atoms with Crippen molar-refractivity contribution in [2.45, 2.75) is 19.3 Å². The van der Waals surface area contributed by atoms with Gasteiger partial charge in [0.2, 0.25) is 0 Å². The lowest BCUT2D eigenvalue weighted by Gasteiger charge is -2.12. The maximum absolute atomic E-state index is 13.1. The number of benzene rings is 1. The van der Waals surface area contributed by atoms with Crippen LogP contribution in [0.5, 0.6) is 11.5 Å². The first kappa shape index (κ1) is 15.5. The molecule has 2 aliphatic heterocycles. The molecule has 1 aromatic carbocycles. The molecular weight excluding hydrogens is 368 g/mol. The molecule has 0 radical (unpaired) electrons. The summed E-state index contributed by atoms with van der Waals surface area (Å²) in [7, 11) is 0. The van der Waals surface area contributed by atoms with Crippen LogP contribution in [0.3, 0.4) is 0 Å². The van der Waals surface area contributed by atoms with Crippen molar-refractivity contribution in [1.29, 1.82) is 0 Å². The monoisotopic (exact) mass is 379 g/mol. The number of nitrogens with one attached hydrogen (secondary N) is 3. The molecule has 4 heterocycles. The lowest BCUT2D eigenvalue weighted by Crippen LogP contribution is -2.25. The maximum Gasteiger partial charge on any atom is 0.586 e. The molecule has 3 aromatic rings. The van der Waals surface area contributed by atoms with Gasteiger partial charge >= 0.3 is 6.29 Å². The molecule has 8 nitrogen and oxygen atoms in total. The molecule has 0 spiro atoms. The summed E-state index contributed by atoms with van der Waals surface area (Å²) >= 11 is 1.15. The third kappa shape index (κ3) is 2.47. The topological polar surface area (TPSA) is 101 Å². The molecule has 5 rings (SSSR count). The van der Waals surface area contributed by atoms with E-state index >= 15 is 0 Å². The van der Waals surface area contributed by atoms with Crippen molar-refractivity contribution >= 4 is 32.6 Å². The lowest BCUT2D eigenvalue weighted by molar-refractivity contribution is -0.286. The third-order valence-corrected chi connectivity index (χ3v) is 5.09. The summed E-state index contributed by atoms with van der Waals surface area (Å²) in [4.78, 5) is 16.8. The fourth-order valence-electron chi connectivity index (χ4n) is 3.00. The van der Waals surface area contributed by atoms with Gasteiger partial charge in [0.15, 0.2) is 22.3 Å².